The van der Waals surface area contributed by atoms with Crippen molar-refractivity contribution in [3.05, 3.63) is 16.4 Å². The normalized spacial score (nSPS) is 17.4. The van der Waals surface area contributed by atoms with Crippen LogP contribution in [0.3, 0.4) is 0 Å². The summed E-state index contributed by atoms with van der Waals surface area (Å²) in [5, 5.41) is 7.95. The van der Waals surface area contributed by atoms with E-state index in [-0.39, 0.29) is 0 Å². The van der Waals surface area contributed by atoms with Gasteiger partial charge in [-0.2, -0.15) is 5.10 Å². The molecule has 96 valence electrons. The van der Waals surface area contributed by atoms with Crippen molar-refractivity contribution in [2.24, 2.45) is 13.0 Å². The molecule has 1 fully saturated rings. The Morgan fingerprint density at radius 1 is 1.59 bits per heavy atom. The smallest absolute Gasteiger partial charge is 0.0635 e. The fourth-order valence-corrected chi connectivity index (χ4v) is 2.89. The van der Waals surface area contributed by atoms with E-state index in [9.17, 15) is 0 Å². The largest absolute Gasteiger partial charge is 0.314 e. The predicted octanol–water partition coefficient (Wildman–Crippen LogP) is 2.89. The molecule has 1 aromatic rings. The van der Waals surface area contributed by atoms with Gasteiger partial charge in [-0.1, -0.05) is 6.92 Å². The third-order valence-electron chi connectivity index (χ3n) is 3.55. The monoisotopic (exact) mass is 299 g/mol. The van der Waals surface area contributed by atoms with E-state index >= 15 is 0 Å². The zero-order valence-electron chi connectivity index (χ0n) is 10.7. The lowest BCUT2D eigenvalue weighted by molar-refractivity contribution is 0.431. The number of halogens is 1. The summed E-state index contributed by atoms with van der Waals surface area (Å²) < 4.78 is 3.12. The van der Waals surface area contributed by atoms with Crippen LogP contribution in [0.2, 0.25) is 0 Å². The Hall–Kier alpha value is -0.350. The molecule has 0 saturated heterocycles. The molecule has 1 heterocycles. The van der Waals surface area contributed by atoms with E-state index in [1.807, 2.05) is 17.9 Å². The van der Waals surface area contributed by atoms with E-state index in [2.05, 4.69) is 33.3 Å². The fourth-order valence-electron chi connectivity index (χ4n) is 2.34. The minimum absolute atomic E-state index is 0.705. The summed E-state index contributed by atoms with van der Waals surface area (Å²) in [6.45, 7) is 3.38. The van der Waals surface area contributed by atoms with Crippen LogP contribution in [-0.4, -0.2) is 22.4 Å². The van der Waals surface area contributed by atoms with Gasteiger partial charge in [-0.3, -0.25) is 4.68 Å². The maximum absolute atomic E-state index is 4.27. The van der Waals surface area contributed by atoms with Crippen LogP contribution in [0.4, 0.5) is 0 Å². The van der Waals surface area contributed by atoms with Gasteiger partial charge in [0.25, 0.3) is 0 Å². The first kappa shape index (κ1) is 13.1. The Labute approximate surface area is 112 Å². The SMILES string of the molecule is CCCNC(CCc1c(Br)cnn1C)C1CC1. The molecule has 0 aliphatic heterocycles. The zero-order chi connectivity index (χ0) is 12.3. The highest BCUT2D eigenvalue weighted by Crippen LogP contribution is 2.34. The molecule has 1 unspecified atom stereocenters. The van der Waals surface area contributed by atoms with Crippen LogP contribution in [0, 0.1) is 5.92 Å². The Balaban J connectivity index is 1.86. The molecule has 0 spiro atoms. The molecule has 1 aliphatic rings. The van der Waals surface area contributed by atoms with Crippen LogP contribution in [0.5, 0.6) is 0 Å². The van der Waals surface area contributed by atoms with E-state index in [4.69, 9.17) is 0 Å². The molecular formula is C13H22BrN3. The minimum Gasteiger partial charge on any atom is -0.314 e. The number of hydrogen-bond donors (Lipinski definition) is 1. The average molecular weight is 300 g/mol. The van der Waals surface area contributed by atoms with Gasteiger partial charge in [-0.15, -0.1) is 0 Å². The topological polar surface area (TPSA) is 29.9 Å². The first-order chi connectivity index (χ1) is 8.22. The Morgan fingerprint density at radius 2 is 2.35 bits per heavy atom. The molecule has 3 nitrogen and oxygen atoms in total. The number of rotatable bonds is 7. The highest BCUT2D eigenvalue weighted by molar-refractivity contribution is 9.10. The van der Waals surface area contributed by atoms with Crippen LogP contribution in [0.25, 0.3) is 0 Å². The lowest BCUT2D eigenvalue weighted by Gasteiger charge is -2.18. The van der Waals surface area contributed by atoms with E-state index in [1.54, 1.807) is 0 Å². The highest BCUT2D eigenvalue weighted by Gasteiger charge is 2.30. The van der Waals surface area contributed by atoms with Crippen LogP contribution in [0.15, 0.2) is 10.7 Å². The lowest BCUT2D eigenvalue weighted by atomic mass is 10.0. The van der Waals surface area contributed by atoms with Gasteiger partial charge in [0, 0.05) is 13.1 Å². The van der Waals surface area contributed by atoms with Gasteiger partial charge in [-0.25, -0.2) is 0 Å². The van der Waals surface area contributed by atoms with Crippen LogP contribution in [-0.2, 0) is 13.5 Å². The third kappa shape index (κ3) is 3.55. The summed E-state index contributed by atoms with van der Waals surface area (Å²) >= 11 is 3.57. The second kappa shape index (κ2) is 6.01. The molecule has 0 aromatic carbocycles. The number of aryl methyl sites for hydroxylation is 1. The molecule has 0 radical (unpaired) electrons. The van der Waals surface area contributed by atoms with Crippen molar-refractivity contribution in [3.63, 3.8) is 0 Å². The predicted molar refractivity (Wildman–Crippen MR) is 74.0 cm³/mol. The van der Waals surface area contributed by atoms with Crippen molar-refractivity contribution in [2.75, 3.05) is 6.54 Å². The average Bonchev–Trinajstić information content (AvgIpc) is 3.10. The molecular weight excluding hydrogens is 278 g/mol. The van der Waals surface area contributed by atoms with Crippen LogP contribution >= 0.6 is 15.9 Å². The summed E-state index contributed by atoms with van der Waals surface area (Å²) in [6, 6.07) is 0.705. The standard InChI is InChI=1S/C13H22BrN3/c1-3-8-15-12(10-4-5-10)6-7-13-11(14)9-16-17(13)2/h9-10,12,15H,3-8H2,1-2H3. The number of nitrogens with one attached hydrogen (secondary N) is 1. The Kier molecular flexibility index (Phi) is 4.62. The first-order valence-corrected chi connectivity index (χ1v) is 7.41. The maximum Gasteiger partial charge on any atom is 0.0635 e. The van der Waals surface area contributed by atoms with E-state index in [0.717, 1.165) is 23.4 Å². The molecule has 4 heteroatoms. The molecule has 1 aliphatic carbocycles. The van der Waals surface area contributed by atoms with Crippen molar-refractivity contribution in [1.29, 1.82) is 0 Å². The van der Waals surface area contributed by atoms with Crippen LogP contribution < -0.4 is 5.32 Å². The van der Waals surface area contributed by atoms with E-state index in [0.29, 0.717) is 6.04 Å². The molecule has 1 saturated carbocycles. The Morgan fingerprint density at radius 3 is 2.88 bits per heavy atom. The molecule has 1 aromatic heterocycles. The summed E-state index contributed by atoms with van der Waals surface area (Å²) in [5.74, 6) is 0.925. The quantitative estimate of drug-likeness (QED) is 0.839. The zero-order valence-corrected chi connectivity index (χ0v) is 12.3. The summed E-state index contributed by atoms with van der Waals surface area (Å²) in [7, 11) is 2.02. The summed E-state index contributed by atoms with van der Waals surface area (Å²) in [5.41, 5.74) is 1.31. The minimum atomic E-state index is 0.705. The maximum atomic E-state index is 4.27. The van der Waals surface area contributed by atoms with Gasteiger partial charge in [-0.05, 0) is 60.5 Å². The fraction of sp³-hybridized carbons (Fsp3) is 0.769. The second-order valence-corrected chi connectivity index (χ2v) is 5.85. The van der Waals surface area contributed by atoms with E-state index in [1.165, 1.54) is 31.4 Å². The summed E-state index contributed by atoms with van der Waals surface area (Å²) in [4.78, 5) is 0. The van der Waals surface area contributed by atoms with Crippen molar-refractivity contribution < 1.29 is 0 Å². The van der Waals surface area contributed by atoms with Gasteiger partial charge >= 0.3 is 0 Å². The first-order valence-electron chi connectivity index (χ1n) is 6.62. The van der Waals surface area contributed by atoms with Gasteiger partial charge in [0.05, 0.1) is 16.4 Å². The molecule has 17 heavy (non-hydrogen) atoms. The molecule has 0 amide bonds. The second-order valence-electron chi connectivity index (χ2n) is 5.00. The van der Waals surface area contributed by atoms with Crippen molar-refractivity contribution in [1.82, 2.24) is 15.1 Å². The number of nitrogens with zero attached hydrogens (tertiary/aromatic N) is 2. The highest BCUT2D eigenvalue weighted by atomic mass is 79.9. The number of hydrogen-bond acceptors (Lipinski definition) is 2. The number of aromatic nitrogens is 2. The summed E-state index contributed by atoms with van der Waals surface area (Å²) in [6.07, 6.45) is 8.26. The van der Waals surface area contributed by atoms with Gasteiger partial charge in [0.2, 0.25) is 0 Å². The van der Waals surface area contributed by atoms with Gasteiger partial charge < -0.3 is 5.32 Å². The Bertz CT molecular complexity index is 338. The van der Waals surface area contributed by atoms with Crippen molar-refractivity contribution >= 4 is 15.9 Å². The van der Waals surface area contributed by atoms with Crippen molar-refractivity contribution in [3.8, 4) is 0 Å². The van der Waals surface area contributed by atoms with Crippen LogP contribution in [0.1, 0.15) is 38.3 Å². The lowest BCUT2D eigenvalue weighted by Crippen LogP contribution is -2.32. The molecule has 1 atom stereocenters. The van der Waals surface area contributed by atoms with Gasteiger partial charge in [0.1, 0.15) is 0 Å². The van der Waals surface area contributed by atoms with Gasteiger partial charge in [0.15, 0.2) is 0 Å². The molecule has 0 bridgehead atoms. The third-order valence-corrected chi connectivity index (χ3v) is 4.21. The molecule has 2 rings (SSSR count). The van der Waals surface area contributed by atoms with Crippen molar-refractivity contribution in [2.45, 2.75) is 45.1 Å². The van der Waals surface area contributed by atoms with E-state index < -0.39 is 0 Å². The molecule has 1 N–H and O–H groups in total.